The maximum Gasteiger partial charge on any atom is 0.142 e. The maximum absolute atomic E-state index is 5.66. The lowest BCUT2D eigenvalue weighted by molar-refractivity contribution is 0.0298. The fourth-order valence-electron chi connectivity index (χ4n) is 1.63. The third-order valence-electron chi connectivity index (χ3n) is 2.50. The van der Waals surface area contributed by atoms with Crippen molar-refractivity contribution in [3.8, 4) is 0 Å². The summed E-state index contributed by atoms with van der Waals surface area (Å²) in [7, 11) is 2.06. The lowest BCUT2D eigenvalue weighted by Gasteiger charge is -2.33. The molecule has 1 heterocycles. The van der Waals surface area contributed by atoms with Crippen molar-refractivity contribution in [1.82, 2.24) is 5.32 Å². The number of hydrogen-bond acceptors (Lipinski definition) is 3. The van der Waals surface area contributed by atoms with Crippen molar-refractivity contribution in [2.24, 2.45) is 0 Å². The van der Waals surface area contributed by atoms with Crippen molar-refractivity contribution < 1.29 is 4.74 Å². The number of nitrogens with one attached hydrogen (secondary N) is 1. The molecule has 0 aliphatic carbocycles. The van der Waals surface area contributed by atoms with Crippen LogP contribution < -0.4 is 10.2 Å². The molecule has 1 unspecified atom stereocenters. The smallest absolute Gasteiger partial charge is 0.142 e. The van der Waals surface area contributed by atoms with Gasteiger partial charge in [0.15, 0.2) is 0 Å². The number of nitrogens with zero attached hydrogens (tertiary/aromatic N) is 1. The summed E-state index contributed by atoms with van der Waals surface area (Å²) < 4.78 is 5.66. The predicted molar refractivity (Wildman–Crippen MR) is 57.5 cm³/mol. The van der Waals surface area contributed by atoms with Gasteiger partial charge in [-0.15, -0.1) is 0 Å². The molecule has 0 bridgehead atoms. The van der Waals surface area contributed by atoms with E-state index >= 15 is 0 Å². The van der Waals surface area contributed by atoms with E-state index in [0.717, 1.165) is 19.7 Å². The second-order valence-electron chi connectivity index (χ2n) is 3.48. The fraction of sp³-hybridized carbons (Fsp3) is 0.455. The summed E-state index contributed by atoms with van der Waals surface area (Å²) in [5, 5.41) is 3.32. The van der Waals surface area contributed by atoms with E-state index in [9.17, 15) is 0 Å². The summed E-state index contributed by atoms with van der Waals surface area (Å²) in [6, 6.07) is 10.3. The summed E-state index contributed by atoms with van der Waals surface area (Å²) in [5.74, 6) is 0. The summed E-state index contributed by atoms with van der Waals surface area (Å²) >= 11 is 0. The molecule has 0 aromatic heterocycles. The van der Waals surface area contributed by atoms with Gasteiger partial charge >= 0.3 is 0 Å². The molecule has 76 valence electrons. The van der Waals surface area contributed by atoms with Crippen LogP contribution in [0.5, 0.6) is 0 Å². The lowest BCUT2D eigenvalue weighted by atomic mass is 10.3. The third-order valence-corrected chi connectivity index (χ3v) is 2.50. The monoisotopic (exact) mass is 192 g/mol. The first kappa shape index (κ1) is 9.49. The van der Waals surface area contributed by atoms with Crippen LogP contribution in [0.1, 0.15) is 0 Å². The highest BCUT2D eigenvalue weighted by atomic mass is 16.5. The number of likely N-dealkylation sites (N-methyl/N-ethyl adjacent to an activating group) is 1. The maximum atomic E-state index is 5.66. The highest BCUT2D eigenvalue weighted by Gasteiger charge is 2.17. The van der Waals surface area contributed by atoms with Crippen LogP contribution >= 0.6 is 0 Å². The Morgan fingerprint density at radius 3 is 2.79 bits per heavy atom. The topological polar surface area (TPSA) is 24.5 Å². The van der Waals surface area contributed by atoms with Crippen molar-refractivity contribution >= 4 is 5.69 Å². The molecular weight excluding hydrogens is 176 g/mol. The molecule has 1 atom stereocenters. The molecule has 1 saturated heterocycles. The van der Waals surface area contributed by atoms with Crippen LogP contribution in [0, 0.1) is 0 Å². The van der Waals surface area contributed by atoms with Crippen LogP contribution in [0.4, 0.5) is 5.69 Å². The minimum atomic E-state index is 0.158. The quantitative estimate of drug-likeness (QED) is 0.758. The first-order valence-corrected chi connectivity index (χ1v) is 4.98. The molecular formula is C11H16N2O. The standard InChI is InChI=1S/C11H16N2O/c1-13(10-5-3-2-4-6-10)11-9-12-7-8-14-11/h2-6,11-12H,7-9H2,1H3. The predicted octanol–water partition coefficient (Wildman–Crippen LogP) is 1.07. The van der Waals surface area contributed by atoms with Gasteiger partial charge in [-0.25, -0.2) is 0 Å². The largest absolute Gasteiger partial charge is 0.356 e. The fourth-order valence-corrected chi connectivity index (χ4v) is 1.63. The van der Waals surface area contributed by atoms with Gasteiger partial charge in [0.05, 0.1) is 6.61 Å². The summed E-state index contributed by atoms with van der Waals surface area (Å²) in [6.45, 7) is 2.65. The zero-order valence-electron chi connectivity index (χ0n) is 8.44. The van der Waals surface area contributed by atoms with E-state index in [-0.39, 0.29) is 6.23 Å². The van der Waals surface area contributed by atoms with Gasteiger partial charge in [-0.1, -0.05) is 18.2 Å². The third kappa shape index (κ3) is 2.05. The van der Waals surface area contributed by atoms with Crippen LogP contribution in [-0.2, 0) is 4.74 Å². The molecule has 3 nitrogen and oxygen atoms in total. The van der Waals surface area contributed by atoms with Crippen molar-refractivity contribution in [3.05, 3.63) is 30.3 Å². The van der Waals surface area contributed by atoms with E-state index in [4.69, 9.17) is 4.74 Å². The average Bonchev–Trinajstić information content (AvgIpc) is 2.30. The number of ether oxygens (including phenoxy) is 1. The number of anilines is 1. The molecule has 1 fully saturated rings. The SMILES string of the molecule is CN(c1ccccc1)C1CNCCO1. The van der Waals surface area contributed by atoms with Crippen molar-refractivity contribution in [1.29, 1.82) is 0 Å². The number of hydrogen-bond donors (Lipinski definition) is 1. The Kier molecular flexibility index (Phi) is 3.01. The van der Waals surface area contributed by atoms with Crippen LogP contribution in [0.25, 0.3) is 0 Å². The van der Waals surface area contributed by atoms with Gasteiger partial charge in [0, 0.05) is 25.8 Å². The molecule has 1 aliphatic heterocycles. The molecule has 1 aromatic rings. The Hall–Kier alpha value is -1.06. The van der Waals surface area contributed by atoms with E-state index in [1.54, 1.807) is 0 Å². The Morgan fingerprint density at radius 1 is 1.36 bits per heavy atom. The lowest BCUT2D eigenvalue weighted by Crippen LogP contribution is -2.47. The van der Waals surface area contributed by atoms with Crippen LogP contribution in [0.2, 0.25) is 0 Å². The summed E-state index contributed by atoms with van der Waals surface area (Å²) in [4.78, 5) is 2.16. The van der Waals surface area contributed by atoms with Crippen molar-refractivity contribution in [3.63, 3.8) is 0 Å². The molecule has 3 heteroatoms. The molecule has 0 amide bonds. The zero-order valence-corrected chi connectivity index (χ0v) is 8.44. The van der Waals surface area contributed by atoms with Crippen molar-refractivity contribution in [2.45, 2.75) is 6.23 Å². The molecule has 0 spiro atoms. The van der Waals surface area contributed by atoms with Crippen LogP contribution in [-0.4, -0.2) is 33.0 Å². The van der Waals surface area contributed by atoms with Gasteiger partial charge < -0.3 is 15.0 Å². The van der Waals surface area contributed by atoms with E-state index in [1.807, 2.05) is 18.2 Å². The normalized spacial score (nSPS) is 21.9. The van der Waals surface area contributed by atoms with E-state index in [2.05, 4.69) is 29.4 Å². The summed E-state index contributed by atoms with van der Waals surface area (Å²) in [6.07, 6.45) is 0.158. The van der Waals surface area contributed by atoms with Gasteiger partial charge in [-0.2, -0.15) is 0 Å². The van der Waals surface area contributed by atoms with Gasteiger partial charge in [0.25, 0.3) is 0 Å². The number of rotatable bonds is 2. The number of para-hydroxylation sites is 1. The minimum absolute atomic E-state index is 0.158. The van der Waals surface area contributed by atoms with Gasteiger partial charge in [-0.3, -0.25) is 0 Å². The minimum Gasteiger partial charge on any atom is -0.356 e. The van der Waals surface area contributed by atoms with E-state index < -0.39 is 0 Å². The highest BCUT2D eigenvalue weighted by molar-refractivity contribution is 5.45. The molecule has 2 rings (SSSR count). The van der Waals surface area contributed by atoms with Gasteiger partial charge in [0.1, 0.15) is 6.23 Å². The molecule has 0 saturated carbocycles. The van der Waals surface area contributed by atoms with Gasteiger partial charge in [-0.05, 0) is 12.1 Å². The Balaban J connectivity index is 2.03. The second kappa shape index (κ2) is 4.44. The van der Waals surface area contributed by atoms with Crippen LogP contribution in [0.3, 0.4) is 0 Å². The Morgan fingerprint density at radius 2 is 2.14 bits per heavy atom. The molecule has 1 aliphatic rings. The molecule has 1 N–H and O–H groups in total. The first-order chi connectivity index (χ1) is 6.88. The first-order valence-electron chi connectivity index (χ1n) is 4.98. The molecule has 0 radical (unpaired) electrons. The molecule has 1 aromatic carbocycles. The van der Waals surface area contributed by atoms with Crippen LogP contribution in [0.15, 0.2) is 30.3 Å². The Bertz CT molecular complexity index is 270. The second-order valence-corrected chi connectivity index (χ2v) is 3.48. The summed E-state index contributed by atoms with van der Waals surface area (Å²) in [5.41, 5.74) is 1.20. The number of benzene rings is 1. The van der Waals surface area contributed by atoms with E-state index in [1.165, 1.54) is 5.69 Å². The van der Waals surface area contributed by atoms with Crippen molar-refractivity contribution in [2.75, 3.05) is 31.6 Å². The van der Waals surface area contributed by atoms with E-state index in [0.29, 0.717) is 0 Å². The Labute approximate surface area is 84.7 Å². The highest BCUT2D eigenvalue weighted by Crippen LogP contribution is 2.15. The zero-order chi connectivity index (χ0) is 9.80. The number of morpholine rings is 1. The average molecular weight is 192 g/mol. The van der Waals surface area contributed by atoms with Gasteiger partial charge in [0.2, 0.25) is 0 Å². The molecule has 14 heavy (non-hydrogen) atoms.